The molecule has 0 saturated carbocycles. The third kappa shape index (κ3) is 2.52. The summed E-state index contributed by atoms with van der Waals surface area (Å²) in [5.74, 6) is 0.735. The average molecular weight is 299 g/mol. The van der Waals surface area contributed by atoms with Gasteiger partial charge in [-0.1, -0.05) is 42.4 Å². The van der Waals surface area contributed by atoms with Gasteiger partial charge in [0.2, 0.25) is 0 Å². The Morgan fingerprint density at radius 2 is 2.09 bits per heavy atom. The van der Waals surface area contributed by atoms with Gasteiger partial charge in [0.15, 0.2) is 0 Å². The Morgan fingerprint density at radius 1 is 1.36 bits per heavy atom. The molecule has 1 aliphatic rings. The van der Waals surface area contributed by atoms with Crippen LogP contribution in [-0.4, -0.2) is 35.1 Å². The van der Waals surface area contributed by atoms with Crippen molar-refractivity contribution in [3.8, 4) is 0 Å². The van der Waals surface area contributed by atoms with Gasteiger partial charge in [-0.05, 0) is 18.9 Å². The molecule has 0 aliphatic carbocycles. The quantitative estimate of drug-likeness (QED) is 0.942. The molecule has 1 aromatic heterocycles. The van der Waals surface area contributed by atoms with Crippen molar-refractivity contribution in [2.24, 2.45) is 5.73 Å². The molecule has 0 bridgehead atoms. The lowest BCUT2D eigenvalue weighted by molar-refractivity contribution is 0.0786. The first-order valence-electron chi connectivity index (χ1n) is 7.66. The first-order chi connectivity index (χ1) is 10.6. The minimum Gasteiger partial charge on any atom is -0.361 e. The maximum Gasteiger partial charge on any atom is 0.259 e. The van der Waals surface area contributed by atoms with Crippen LogP contribution in [0.5, 0.6) is 0 Å². The molecule has 1 aromatic carbocycles. The summed E-state index contributed by atoms with van der Waals surface area (Å²) in [7, 11) is 0. The smallest absolute Gasteiger partial charge is 0.259 e. The zero-order valence-corrected chi connectivity index (χ0v) is 13.0. The van der Waals surface area contributed by atoms with Crippen molar-refractivity contribution in [2.45, 2.75) is 32.2 Å². The summed E-state index contributed by atoms with van der Waals surface area (Å²) >= 11 is 0. The van der Waals surface area contributed by atoms with Crippen LogP contribution in [0.2, 0.25) is 0 Å². The molecule has 1 fully saturated rings. The highest BCUT2D eigenvalue weighted by Crippen LogP contribution is 2.28. The molecule has 1 aliphatic heterocycles. The van der Waals surface area contributed by atoms with Gasteiger partial charge in [-0.25, -0.2) is 0 Å². The fraction of sp³-hybridized carbons (Fsp3) is 0.412. The second-order valence-corrected chi connectivity index (χ2v) is 5.81. The molecule has 2 heterocycles. The van der Waals surface area contributed by atoms with E-state index in [2.05, 4.69) is 17.3 Å². The maximum absolute atomic E-state index is 12.8. The molecular formula is C17H21N3O2. The Kier molecular flexibility index (Phi) is 3.98. The Hall–Kier alpha value is -2.14. The number of aryl methyl sites for hydroxylation is 2. The van der Waals surface area contributed by atoms with E-state index >= 15 is 0 Å². The van der Waals surface area contributed by atoms with Crippen LogP contribution in [0.3, 0.4) is 0 Å². The zero-order chi connectivity index (χ0) is 15.7. The van der Waals surface area contributed by atoms with Crippen LogP contribution in [0.25, 0.3) is 0 Å². The third-order valence-corrected chi connectivity index (χ3v) is 4.36. The van der Waals surface area contributed by atoms with Crippen molar-refractivity contribution in [2.75, 3.05) is 13.1 Å². The summed E-state index contributed by atoms with van der Waals surface area (Å²) < 4.78 is 5.18. The van der Waals surface area contributed by atoms with E-state index in [9.17, 15) is 4.79 Å². The van der Waals surface area contributed by atoms with Crippen molar-refractivity contribution in [1.82, 2.24) is 10.1 Å². The van der Waals surface area contributed by atoms with Gasteiger partial charge in [0.1, 0.15) is 11.3 Å². The molecule has 1 saturated heterocycles. The first-order valence-corrected chi connectivity index (χ1v) is 7.66. The van der Waals surface area contributed by atoms with Gasteiger partial charge in [0.05, 0.1) is 5.69 Å². The molecule has 116 valence electrons. The summed E-state index contributed by atoms with van der Waals surface area (Å²) in [6, 6.07) is 10.1. The number of nitrogens with zero attached hydrogens (tertiary/aromatic N) is 2. The van der Waals surface area contributed by atoms with E-state index < -0.39 is 0 Å². The van der Waals surface area contributed by atoms with Crippen LogP contribution in [0.1, 0.15) is 40.2 Å². The summed E-state index contributed by atoms with van der Waals surface area (Å²) in [6.07, 6.45) is 0.681. The average Bonchev–Trinajstić information content (AvgIpc) is 3.10. The van der Waals surface area contributed by atoms with E-state index in [0.717, 1.165) is 5.69 Å². The number of aromatic nitrogens is 1. The topological polar surface area (TPSA) is 72.4 Å². The molecule has 2 atom stereocenters. The number of rotatable bonds is 3. The van der Waals surface area contributed by atoms with Gasteiger partial charge in [-0.15, -0.1) is 0 Å². The van der Waals surface area contributed by atoms with Crippen LogP contribution in [0, 0.1) is 6.92 Å². The number of hydrogen-bond acceptors (Lipinski definition) is 4. The SMILES string of the molecule is CCc1noc(C)c1C(=O)N1C[C@@H](N)[C@H](c2ccccc2)C1. The summed E-state index contributed by atoms with van der Waals surface area (Å²) in [5, 5.41) is 3.97. The van der Waals surface area contributed by atoms with E-state index in [4.69, 9.17) is 10.3 Å². The molecular weight excluding hydrogens is 278 g/mol. The molecule has 22 heavy (non-hydrogen) atoms. The lowest BCUT2D eigenvalue weighted by atomic mass is 9.95. The molecule has 5 nitrogen and oxygen atoms in total. The van der Waals surface area contributed by atoms with Crippen molar-refractivity contribution in [3.05, 3.63) is 52.9 Å². The first kappa shape index (κ1) is 14.8. The van der Waals surface area contributed by atoms with Crippen LogP contribution in [-0.2, 0) is 6.42 Å². The molecule has 0 unspecified atom stereocenters. The fourth-order valence-corrected chi connectivity index (χ4v) is 3.14. The Balaban J connectivity index is 1.82. The number of benzene rings is 1. The van der Waals surface area contributed by atoms with E-state index in [1.807, 2.05) is 30.0 Å². The highest BCUT2D eigenvalue weighted by molar-refractivity contribution is 5.96. The number of amides is 1. The van der Waals surface area contributed by atoms with Crippen molar-refractivity contribution in [1.29, 1.82) is 0 Å². The zero-order valence-electron chi connectivity index (χ0n) is 13.0. The number of carbonyl (C=O) groups excluding carboxylic acids is 1. The molecule has 3 rings (SSSR count). The van der Waals surface area contributed by atoms with Gasteiger partial charge < -0.3 is 15.2 Å². The highest BCUT2D eigenvalue weighted by atomic mass is 16.5. The number of hydrogen-bond donors (Lipinski definition) is 1. The van der Waals surface area contributed by atoms with Crippen LogP contribution >= 0.6 is 0 Å². The normalized spacial score (nSPS) is 21.3. The van der Waals surface area contributed by atoms with Gasteiger partial charge in [0, 0.05) is 25.0 Å². The summed E-state index contributed by atoms with van der Waals surface area (Å²) in [5.41, 5.74) is 8.77. The van der Waals surface area contributed by atoms with Crippen LogP contribution in [0.4, 0.5) is 0 Å². The van der Waals surface area contributed by atoms with Crippen molar-refractivity contribution >= 4 is 5.91 Å². The van der Waals surface area contributed by atoms with Gasteiger partial charge >= 0.3 is 0 Å². The molecule has 0 radical (unpaired) electrons. The van der Waals surface area contributed by atoms with Gasteiger partial charge in [-0.2, -0.15) is 0 Å². The largest absolute Gasteiger partial charge is 0.361 e. The highest BCUT2D eigenvalue weighted by Gasteiger charge is 2.36. The van der Waals surface area contributed by atoms with E-state index in [1.54, 1.807) is 6.92 Å². The van der Waals surface area contributed by atoms with Crippen molar-refractivity contribution < 1.29 is 9.32 Å². The molecule has 2 aromatic rings. The number of likely N-dealkylation sites (tertiary alicyclic amines) is 1. The maximum atomic E-state index is 12.8. The van der Waals surface area contributed by atoms with Crippen LogP contribution < -0.4 is 5.73 Å². The molecule has 1 amide bonds. The lowest BCUT2D eigenvalue weighted by Crippen LogP contribution is -2.32. The predicted molar refractivity (Wildman–Crippen MR) is 83.7 cm³/mol. The van der Waals surface area contributed by atoms with E-state index in [0.29, 0.717) is 30.8 Å². The summed E-state index contributed by atoms with van der Waals surface area (Å²) in [6.45, 7) is 4.95. The minimum absolute atomic E-state index is 0.0236. The van der Waals surface area contributed by atoms with E-state index in [-0.39, 0.29) is 17.9 Å². The Morgan fingerprint density at radius 3 is 2.77 bits per heavy atom. The monoisotopic (exact) mass is 299 g/mol. The standard InChI is InChI=1S/C17H21N3O2/c1-3-15-16(11(2)22-19-15)17(21)20-9-13(14(18)10-20)12-7-5-4-6-8-12/h4-8,13-14H,3,9-10,18H2,1-2H3/t13-,14+/m0/s1. The summed E-state index contributed by atoms with van der Waals surface area (Å²) in [4.78, 5) is 14.6. The third-order valence-electron chi connectivity index (χ3n) is 4.36. The van der Waals surface area contributed by atoms with E-state index in [1.165, 1.54) is 5.56 Å². The lowest BCUT2D eigenvalue weighted by Gasteiger charge is -2.16. The number of nitrogens with two attached hydrogens (primary N) is 1. The van der Waals surface area contributed by atoms with Gasteiger partial charge in [-0.3, -0.25) is 4.79 Å². The molecule has 5 heteroatoms. The van der Waals surface area contributed by atoms with Crippen LogP contribution in [0.15, 0.2) is 34.9 Å². The Bertz CT molecular complexity index is 666. The predicted octanol–water partition coefficient (Wildman–Crippen LogP) is 2.11. The number of carbonyl (C=O) groups is 1. The fourth-order valence-electron chi connectivity index (χ4n) is 3.14. The van der Waals surface area contributed by atoms with Crippen molar-refractivity contribution in [3.63, 3.8) is 0 Å². The molecule has 0 spiro atoms. The minimum atomic E-state index is -0.0448. The van der Waals surface area contributed by atoms with Gasteiger partial charge in [0.25, 0.3) is 5.91 Å². The Labute approximate surface area is 130 Å². The second kappa shape index (κ2) is 5.93. The molecule has 2 N–H and O–H groups in total. The second-order valence-electron chi connectivity index (χ2n) is 5.81.